The first kappa shape index (κ1) is 24.1. The van der Waals surface area contributed by atoms with E-state index in [9.17, 15) is 14.7 Å². The summed E-state index contributed by atoms with van der Waals surface area (Å²) in [4.78, 5) is 24.3. The Hall–Kier alpha value is -2.15. The Balaban J connectivity index is 2.24. The molecule has 0 radical (unpaired) electrons. The number of aliphatic hydroxyl groups is 1. The van der Waals surface area contributed by atoms with Crippen LogP contribution in [0.15, 0.2) is 60.7 Å². The average molecular weight is 430 g/mol. The van der Waals surface area contributed by atoms with Crippen LogP contribution in [0.4, 0.5) is 4.79 Å². The molecule has 2 aromatic carbocycles. The highest BCUT2D eigenvalue weighted by Gasteiger charge is 2.49. The molecule has 6 heteroatoms. The summed E-state index contributed by atoms with van der Waals surface area (Å²) in [7, 11) is -3.11. The van der Waals surface area contributed by atoms with E-state index in [0.717, 1.165) is 10.4 Å². The van der Waals surface area contributed by atoms with Crippen LogP contribution < -0.4 is 15.7 Å². The third-order valence-corrected chi connectivity index (χ3v) is 9.97. The Kier molecular flexibility index (Phi) is 7.85. The molecular weight excluding hydrogens is 394 g/mol. The Morgan fingerprint density at radius 1 is 0.967 bits per heavy atom. The van der Waals surface area contributed by atoms with E-state index < -0.39 is 31.1 Å². The zero-order valence-corrected chi connectivity index (χ0v) is 19.7. The van der Waals surface area contributed by atoms with Crippen LogP contribution in [0.25, 0.3) is 0 Å². The van der Waals surface area contributed by atoms with Gasteiger partial charge in [0.15, 0.2) is 0 Å². The molecule has 5 nitrogen and oxygen atoms in total. The fraction of sp³-hybridized carbons (Fsp3) is 0.458. The monoisotopic (exact) mass is 429 g/mol. The third kappa shape index (κ3) is 5.94. The Morgan fingerprint density at radius 2 is 1.43 bits per heavy atom. The van der Waals surface area contributed by atoms with Gasteiger partial charge in [-0.2, -0.15) is 0 Å². The van der Waals surface area contributed by atoms with Crippen LogP contribution >= 0.6 is 0 Å². The zero-order chi connectivity index (χ0) is 22.4. The number of alkyl carbamates (subject to hydrolysis) is 1. The minimum atomic E-state index is -3.11. The highest BCUT2D eigenvalue weighted by molar-refractivity contribution is 6.98. The van der Waals surface area contributed by atoms with E-state index in [-0.39, 0.29) is 6.61 Å². The molecule has 0 aromatic heterocycles. The summed E-state index contributed by atoms with van der Waals surface area (Å²) < 4.78 is 5.31. The van der Waals surface area contributed by atoms with Crippen LogP contribution in [0.5, 0.6) is 0 Å². The standard InChI is InChI=1S/C24H35NO4Si/c1-23(2,3)29-22(27)25-19(18-26)16-17-24(4,5)30(28,20-12-8-6-9-13-20)21-14-10-7-11-15-21/h6-15,19,26,28H,16-18H2,1-5H3,(H,25,27)/t19-/m0/s1. The van der Waals surface area contributed by atoms with Crippen LogP contribution in [0.2, 0.25) is 5.04 Å². The van der Waals surface area contributed by atoms with Crippen molar-refractivity contribution < 1.29 is 19.4 Å². The highest BCUT2D eigenvalue weighted by Crippen LogP contribution is 2.40. The van der Waals surface area contributed by atoms with E-state index in [1.54, 1.807) is 20.8 Å². The summed E-state index contributed by atoms with van der Waals surface area (Å²) in [6.07, 6.45) is 0.608. The van der Waals surface area contributed by atoms with Crippen molar-refractivity contribution in [1.29, 1.82) is 0 Å². The highest BCUT2D eigenvalue weighted by atomic mass is 28.4. The van der Waals surface area contributed by atoms with Gasteiger partial charge in [0.25, 0.3) is 8.32 Å². The van der Waals surface area contributed by atoms with Gasteiger partial charge in [0.2, 0.25) is 0 Å². The molecule has 1 amide bonds. The van der Waals surface area contributed by atoms with E-state index in [4.69, 9.17) is 4.74 Å². The number of carbonyl (C=O) groups is 1. The van der Waals surface area contributed by atoms with Crippen LogP contribution in [-0.4, -0.2) is 42.6 Å². The fourth-order valence-electron chi connectivity index (χ4n) is 3.71. The molecule has 3 N–H and O–H groups in total. The first-order valence-electron chi connectivity index (χ1n) is 10.4. The predicted octanol–water partition coefficient (Wildman–Crippen LogP) is 3.18. The van der Waals surface area contributed by atoms with Crippen molar-refractivity contribution in [2.45, 2.75) is 64.1 Å². The molecule has 0 saturated carbocycles. The molecule has 0 aliphatic heterocycles. The number of nitrogens with one attached hydrogen (secondary N) is 1. The molecule has 0 spiro atoms. The number of amides is 1. The van der Waals surface area contributed by atoms with Crippen LogP contribution in [0.1, 0.15) is 47.5 Å². The number of aliphatic hydroxyl groups excluding tert-OH is 1. The van der Waals surface area contributed by atoms with E-state index in [2.05, 4.69) is 19.2 Å². The molecule has 0 aliphatic carbocycles. The molecule has 0 heterocycles. The van der Waals surface area contributed by atoms with Gasteiger partial charge in [-0.15, -0.1) is 0 Å². The van der Waals surface area contributed by atoms with Crippen molar-refractivity contribution in [2.75, 3.05) is 6.61 Å². The topological polar surface area (TPSA) is 78.8 Å². The maximum Gasteiger partial charge on any atom is 0.407 e. The second-order valence-corrected chi connectivity index (χ2v) is 13.3. The summed E-state index contributed by atoms with van der Waals surface area (Å²) in [5, 5.41) is 14.0. The minimum absolute atomic E-state index is 0.189. The van der Waals surface area contributed by atoms with Crippen molar-refractivity contribution in [3.05, 3.63) is 60.7 Å². The van der Waals surface area contributed by atoms with Gasteiger partial charge >= 0.3 is 6.09 Å². The molecule has 0 fully saturated rings. The molecule has 0 saturated heterocycles. The first-order valence-corrected chi connectivity index (χ1v) is 12.4. The maximum absolute atomic E-state index is 12.2. The molecule has 2 rings (SSSR count). The second-order valence-electron chi connectivity index (χ2n) is 9.39. The molecule has 0 aliphatic rings. The normalized spacial score (nSPS) is 13.6. The Morgan fingerprint density at radius 3 is 1.83 bits per heavy atom. The van der Waals surface area contributed by atoms with Crippen molar-refractivity contribution in [3.8, 4) is 0 Å². The molecular formula is C24H35NO4Si. The van der Waals surface area contributed by atoms with E-state index >= 15 is 0 Å². The Labute approximate surface area is 181 Å². The largest absolute Gasteiger partial charge is 0.444 e. The molecule has 0 bridgehead atoms. The van der Waals surface area contributed by atoms with Crippen molar-refractivity contribution in [1.82, 2.24) is 5.32 Å². The lowest BCUT2D eigenvalue weighted by Crippen LogP contribution is -2.65. The number of ether oxygens (including phenoxy) is 1. The third-order valence-electron chi connectivity index (χ3n) is 5.42. The smallest absolute Gasteiger partial charge is 0.407 e. The van der Waals surface area contributed by atoms with E-state index in [1.807, 2.05) is 60.7 Å². The summed E-state index contributed by atoms with van der Waals surface area (Å²) >= 11 is 0. The molecule has 0 unspecified atom stereocenters. The van der Waals surface area contributed by atoms with Gasteiger partial charge < -0.3 is 20.0 Å². The number of rotatable bonds is 8. The van der Waals surface area contributed by atoms with Gasteiger partial charge in [0.05, 0.1) is 12.6 Å². The SMILES string of the molecule is CC(C)(C)OC(=O)N[C@H](CO)CCC(C)(C)[Si](O)(c1ccccc1)c1ccccc1. The number of hydrogen-bond donors (Lipinski definition) is 3. The second kappa shape index (κ2) is 9.77. The first-order chi connectivity index (χ1) is 14.0. The fourth-order valence-corrected chi connectivity index (χ4v) is 7.46. The van der Waals surface area contributed by atoms with E-state index in [1.165, 1.54) is 0 Å². The van der Waals surface area contributed by atoms with Crippen molar-refractivity contribution in [3.63, 3.8) is 0 Å². The number of carbonyl (C=O) groups excluding carboxylic acids is 1. The van der Waals surface area contributed by atoms with Crippen LogP contribution in [0, 0.1) is 0 Å². The quantitative estimate of drug-likeness (QED) is 0.563. The summed E-state index contributed by atoms with van der Waals surface area (Å²) in [5.41, 5.74) is -0.600. The summed E-state index contributed by atoms with van der Waals surface area (Å²) in [6.45, 7) is 9.35. The van der Waals surface area contributed by atoms with Crippen LogP contribution in [-0.2, 0) is 4.74 Å². The molecule has 164 valence electrons. The van der Waals surface area contributed by atoms with Gasteiger partial charge in [0, 0.05) is 0 Å². The van der Waals surface area contributed by atoms with Gasteiger partial charge in [-0.25, -0.2) is 4.79 Å². The molecule has 1 atom stereocenters. The minimum Gasteiger partial charge on any atom is -0.444 e. The van der Waals surface area contributed by atoms with E-state index in [0.29, 0.717) is 12.8 Å². The van der Waals surface area contributed by atoms with Gasteiger partial charge in [-0.1, -0.05) is 74.5 Å². The molecule has 30 heavy (non-hydrogen) atoms. The lowest BCUT2D eigenvalue weighted by Gasteiger charge is -2.42. The number of benzene rings is 2. The summed E-state index contributed by atoms with van der Waals surface area (Å²) in [5.74, 6) is 0. The summed E-state index contributed by atoms with van der Waals surface area (Å²) in [6, 6.07) is 19.2. The number of hydrogen-bond acceptors (Lipinski definition) is 4. The predicted molar refractivity (Wildman–Crippen MR) is 124 cm³/mol. The molecule has 2 aromatic rings. The lowest BCUT2D eigenvalue weighted by molar-refractivity contribution is 0.0477. The zero-order valence-electron chi connectivity index (χ0n) is 18.7. The van der Waals surface area contributed by atoms with Crippen LogP contribution in [0.3, 0.4) is 0 Å². The van der Waals surface area contributed by atoms with Gasteiger partial charge in [-0.05, 0) is 49.0 Å². The van der Waals surface area contributed by atoms with Gasteiger partial charge in [0.1, 0.15) is 5.60 Å². The van der Waals surface area contributed by atoms with Gasteiger partial charge in [-0.3, -0.25) is 0 Å². The maximum atomic E-state index is 12.2. The van der Waals surface area contributed by atoms with Crippen molar-refractivity contribution >= 4 is 24.8 Å². The Bertz CT molecular complexity index is 763. The van der Waals surface area contributed by atoms with Crippen molar-refractivity contribution in [2.24, 2.45) is 0 Å². The lowest BCUT2D eigenvalue weighted by atomic mass is 10.0. The average Bonchev–Trinajstić information content (AvgIpc) is 2.70.